The number of imide groups is 1. The molecule has 15 nitrogen and oxygen atoms in total. The highest BCUT2D eigenvalue weighted by Gasteiger charge is 2.46. The number of phenolic OH excluding ortho intramolecular Hbond substituents is 1. The van der Waals surface area contributed by atoms with Crippen LogP contribution in [0.25, 0.3) is 32.9 Å². The first kappa shape index (κ1) is 44.3. The minimum absolute atomic E-state index is 0.0167. The third kappa shape index (κ3) is 8.51. The Hall–Kier alpha value is -5.97. The van der Waals surface area contributed by atoms with Crippen LogP contribution in [0.15, 0.2) is 54.7 Å². The molecule has 0 radical (unpaired) electrons. The van der Waals surface area contributed by atoms with Crippen LogP contribution in [0.4, 0.5) is 15.9 Å². The normalized spacial score (nSPS) is 24.1. The molecule has 3 N–H and O–H groups in total. The van der Waals surface area contributed by atoms with Gasteiger partial charge in [0.1, 0.15) is 28.8 Å². The second-order valence-electron chi connectivity index (χ2n) is 21.0. The van der Waals surface area contributed by atoms with Crippen LogP contribution in [-0.4, -0.2) is 143 Å². The van der Waals surface area contributed by atoms with Gasteiger partial charge in [0.05, 0.1) is 12.0 Å². The summed E-state index contributed by atoms with van der Waals surface area (Å²) in [6.45, 7) is 12.5. The van der Waals surface area contributed by atoms with Gasteiger partial charge in [0.2, 0.25) is 11.8 Å². The third-order valence-electron chi connectivity index (χ3n) is 16.3. The summed E-state index contributed by atoms with van der Waals surface area (Å²) in [6.07, 6.45) is 9.74. The first-order valence-corrected chi connectivity index (χ1v) is 25.3. The average Bonchev–Trinajstić information content (AvgIpc) is 3.93. The van der Waals surface area contributed by atoms with Crippen molar-refractivity contribution in [2.24, 2.45) is 11.3 Å². The fraction of sp³-hybridized carbons (Fsp3) is 0.509. The van der Waals surface area contributed by atoms with E-state index in [2.05, 4.69) is 43.2 Å². The number of piperazine rings is 2. The smallest absolute Gasteiger partial charge is 0.319 e. The molecular weight excluding hydrogens is 876 g/mol. The van der Waals surface area contributed by atoms with Crippen LogP contribution >= 0.6 is 0 Å². The number of benzene rings is 3. The maximum Gasteiger partial charge on any atom is 0.319 e. The molecule has 1 aliphatic carbocycles. The number of hydrogen-bond donors (Lipinski definition) is 3. The fourth-order valence-electron chi connectivity index (χ4n) is 12.3. The van der Waals surface area contributed by atoms with E-state index in [0.717, 1.165) is 138 Å². The molecule has 69 heavy (non-hydrogen) atoms. The summed E-state index contributed by atoms with van der Waals surface area (Å²) in [5.41, 5.74) is 4.66. The van der Waals surface area contributed by atoms with Crippen molar-refractivity contribution in [1.82, 2.24) is 40.3 Å². The summed E-state index contributed by atoms with van der Waals surface area (Å²) in [6, 6.07) is 15.6. The Morgan fingerprint density at radius 2 is 1.67 bits per heavy atom. The Labute approximate surface area is 401 Å². The van der Waals surface area contributed by atoms with Gasteiger partial charge in [0, 0.05) is 106 Å². The molecule has 6 aliphatic heterocycles. The van der Waals surface area contributed by atoms with Crippen LogP contribution in [0.3, 0.4) is 0 Å². The Morgan fingerprint density at radius 3 is 2.42 bits per heavy atom. The minimum Gasteiger partial charge on any atom is -0.508 e. The number of hydrogen-bond acceptors (Lipinski definition) is 13. The van der Waals surface area contributed by atoms with Gasteiger partial charge in [0.25, 0.3) is 5.91 Å². The number of carbonyl (C=O) groups is 3. The van der Waals surface area contributed by atoms with E-state index in [0.29, 0.717) is 59.9 Å². The van der Waals surface area contributed by atoms with Crippen LogP contribution < -0.4 is 25.2 Å². The highest BCUT2D eigenvalue weighted by molar-refractivity contribution is 6.06. The number of rotatable bonds is 12. The van der Waals surface area contributed by atoms with Gasteiger partial charge >= 0.3 is 6.01 Å². The first-order valence-electron chi connectivity index (χ1n) is 25.3. The lowest BCUT2D eigenvalue weighted by molar-refractivity contribution is -0.136. The van der Waals surface area contributed by atoms with Crippen molar-refractivity contribution in [3.8, 4) is 23.0 Å². The molecule has 7 aliphatic rings. The summed E-state index contributed by atoms with van der Waals surface area (Å²) in [4.78, 5) is 63.5. The first-order chi connectivity index (χ1) is 33.6. The number of aromatic nitrogens is 3. The van der Waals surface area contributed by atoms with Crippen molar-refractivity contribution < 1.29 is 28.6 Å². The quantitative estimate of drug-likeness (QED) is 0.132. The molecule has 5 saturated heterocycles. The summed E-state index contributed by atoms with van der Waals surface area (Å²) in [7, 11) is 0. The topological polar surface area (TPSA) is 160 Å². The predicted octanol–water partition coefficient (Wildman–Crippen LogP) is 5.65. The van der Waals surface area contributed by atoms with Crippen LogP contribution in [0.5, 0.6) is 11.8 Å². The predicted molar refractivity (Wildman–Crippen MR) is 261 cm³/mol. The molecule has 3 atom stereocenters. The molecule has 3 amide bonds. The van der Waals surface area contributed by atoms with E-state index >= 15 is 4.39 Å². The number of likely N-dealkylation sites (tertiary alicyclic amines) is 1. The van der Waals surface area contributed by atoms with Gasteiger partial charge in [-0.3, -0.25) is 29.6 Å². The van der Waals surface area contributed by atoms with Crippen molar-refractivity contribution in [3.05, 3.63) is 77.2 Å². The van der Waals surface area contributed by atoms with E-state index in [1.807, 2.05) is 30.3 Å². The molecule has 3 aromatic carbocycles. The van der Waals surface area contributed by atoms with Gasteiger partial charge in [-0.2, -0.15) is 9.97 Å². The molecule has 2 unspecified atom stereocenters. The lowest BCUT2D eigenvalue weighted by Gasteiger charge is -2.40. The highest BCUT2D eigenvalue weighted by Crippen LogP contribution is 2.47. The standard InChI is InChI=1S/C53H61FN10O5/c1-2-33-4-3-5-34-23-39(65)24-41(45(33)34)47-46(54)48-42(25-55-47)49(63-28-36-6-7-37(29-63)56-36)59-52(58-48)69-31-53(14-15-53)30-61-16-12-32(13-17-61)26-60-18-20-62(21-19-60)38-8-9-40-35(22-38)27-64(51(40)68)43-10-11-44(66)57-50(43)67/h3-5,8-9,22-25,32,36-37,43,56,65H,2,6-7,10-21,26-31H2,1H3,(H,57,66,67)/t36?,37?,43-/m0/s1. The number of amides is 3. The monoisotopic (exact) mass is 936 g/mol. The van der Waals surface area contributed by atoms with Crippen LogP contribution in [0.1, 0.15) is 79.8 Å². The number of ether oxygens (including phenoxy) is 1. The maximum atomic E-state index is 17.2. The van der Waals surface area contributed by atoms with E-state index < -0.39 is 11.9 Å². The Kier molecular flexibility index (Phi) is 11.4. The molecule has 2 bridgehead atoms. The largest absolute Gasteiger partial charge is 0.508 e. The van der Waals surface area contributed by atoms with Gasteiger partial charge < -0.3 is 34.8 Å². The number of phenols is 1. The van der Waals surface area contributed by atoms with Crippen molar-refractivity contribution >= 4 is 50.9 Å². The van der Waals surface area contributed by atoms with Crippen molar-refractivity contribution in [2.75, 3.05) is 81.9 Å². The number of anilines is 2. The zero-order valence-electron chi connectivity index (χ0n) is 39.4. The second kappa shape index (κ2) is 17.8. The number of nitrogens with one attached hydrogen (secondary N) is 2. The molecule has 16 heteroatoms. The zero-order chi connectivity index (χ0) is 47.0. The molecule has 12 rings (SSSR count). The summed E-state index contributed by atoms with van der Waals surface area (Å²) < 4.78 is 23.7. The molecule has 6 fully saturated rings. The fourth-order valence-corrected chi connectivity index (χ4v) is 12.3. The molecule has 1 saturated carbocycles. The molecule has 2 aromatic heterocycles. The van der Waals surface area contributed by atoms with E-state index in [-0.39, 0.29) is 52.5 Å². The molecule has 5 aromatic rings. The van der Waals surface area contributed by atoms with Crippen LogP contribution in [0.2, 0.25) is 0 Å². The Balaban J connectivity index is 0.678. The lowest BCUT2D eigenvalue weighted by Crippen LogP contribution is -2.52. The second-order valence-corrected chi connectivity index (χ2v) is 21.0. The highest BCUT2D eigenvalue weighted by atomic mass is 19.1. The van der Waals surface area contributed by atoms with Crippen LogP contribution in [0, 0.1) is 17.2 Å². The molecule has 8 heterocycles. The van der Waals surface area contributed by atoms with Crippen molar-refractivity contribution in [2.45, 2.75) is 89.4 Å². The number of piperidine rings is 2. The van der Waals surface area contributed by atoms with Gasteiger partial charge in [-0.1, -0.05) is 25.1 Å². The SMILES string of the molecule is CCc1cccc2cc(O)cc(-c3ncc4c(N5CC6CCC(C5)N6)nc(OCC5(CN6CCC(CN7CCN(c8ccc9c(c8)CN([C@H]8CCC(=O)NC8=O)C9=O)CC7)CC6)CC5)nc4c3F)c12. The number of fused-ring (bicyclic) bond motifs is 5. The number of aryl methyl sites for hydroxylation is 1. The number of aromatic hydroxyl groups is 1. The third-order valence-corrected chi connectivity index (χ3v) is 16.3. The number of nitrogens with zero attached hydrogens (tertiary/aromatic N) is 8. The lowest BCUT2D eigenvalue weighted by atomic mass is 9.94. The van der Waals surface area contributed by atoms with Crippen LogP contribution in [-0.2, 0) is 22.6 Å². The van der Waals surface area contributed by atoms with Crippen molar-refractivity contribution in [1.29, 1.82) is 0 Å². The Morgan fingerprint density at radius 1 is 0.870 bits per heavy atom. The minimum atomic E-state index is -0.606. The van der Waals surface area contributed by atoms with Gasteiger partial charge in [-0.15, -0.1) is 0 Å². The number of halogens is 1. The molecule has 0 spiro atoms. The van der Waals surface area contributed by atoms with Gasteiger partial charge in [-0.05, 0) is 123 Å². The molecular formula is C53H61FN10O5. The van der Waals surface area contributed by atoms with Gasteiger partial charge in [-0.25, -0.2) is 4.39 Å². The number of pyridine rings is 1. The number of carbonyl (C=O) groups excluding carboxylic acids is 3. The van der Waals surface area contributed by atoms with Crippen molar-refractivity contribution in [3.63, 3.8) is 0 Å². The zero-order valence-corrected chi connectivity index (χ0v) is 39.4. The maximum absolute atomic E-state index is 17.2. The average molecular weight is 937 g/mol. The summed E-state index contributed by atoms with van der Waals surface area (Å²) >= 11 is 0. The molecule has 360 valence electrons. The van der Waals surface area contributed by atoms with E-state index in [1.54, 1.807) is 23.2 Å². The Bertz CT molecular complexity index is 2850. The van der Waals surface area contributed by atoms with E-state index in [4.69, 9.17) is 19.7 Å². The van der Waals surface area contributed by atoms with E-state index in [1.165, 1.54) is 0 Å². The van der Waals surface area contributed by atoms with E-state index in [9.17, 15) is 19.5 Å². The summed E-state index contributed by atoms with van der Waals surface area (Å²) in [5.74, 6) is 0.0285. The van der Waals surface area contributed by atoms with Gasteiger partial charge in [0.15, 0.2) is 5.82 Å². The summed E-state index contributed by atoms with van der Waals surface area (Å²) in [5, 5.41) is 19.1.